The molecule has 0 saturated heterocycles. The number of hydrogen-bond acceptors (Lipinski definition) is 6. The van der Waals surface area contributed by atoms with Crippen LogP contribution in [0.15, 0.2) is 54.7 Å². The molecular formula is C22H25N3O5. The highest BCUT2D eigenvalue weighted by molar-refractivity contribution is 5.93. The summed E-state index contributed by atoms with van der Waals surface area (Å²) in [6, 6.07) is 14.3. The molecule has 158 valence electrons. The van der Waals surface area contributed by atoms with Crippen molar-refractivity contribution in [1.29, 1.82) is 0 Å². The lowest BCUT2D eigenvalue weighted by molar-refractivity contribution is -0.122. The van der Waals surface area contributed by atoms with Crippen LogP contribution in [0, 0.1) is 0 Å². The van der Waals surface area contributed by atoms with Gasteiger partial charge in [-0.05, 0) is 43.3 Å². The van der Waals surface area contributed by atoms with E-state index in [-0.39, 0.29) is 5.91 Å². The lowest BCUT2D eigenvalue weighted by Gasteiger charge is -2.16. The second kappa shape index (κ2) is 9.69. The highest BCUT2D eigenvalue weighted by atomic mass is 16.5. The fourth-order valence-corrected chi connectivity index (χ4v) is 2.85. The molecule has 0 spiro atoms. The number of aromatic nitrogens is 2. The van der Waals surface area contributed by atoms with Gasteiger partial charge >= 0.3 is 0 Å². The Kier molecular flexibility index (Phi) is 6.79. The average molecular weight is 411 g/mol. The highest BCUT2D eigenvalue weighted by Gasteiger charge is 2.17. The number of hydrogen-bond donors (Lipinski definition) is 1. The predicted molar refractivity (Wildman–Crippen MR) is 113 cm³/mol. The van der Waals surface area contributed by atoms with Gasteiger partial charge in [-0.2, -0.15) is 5.10 Å². The number of nitrogens with zero attached hydrogens (tertiary/aromatic N) is 2. The first kappa shape index (κ1) is 21.0. The number of ether oxygens (including phenoxy) is 4. The third-order valence-corrected chi connectivity index (χ3v) is 4.52. The van der Waals surface area contributed by atoms with Crippen molar-refractivity contribution in [2.75, 3.05) is 26.6 Å². The molecule has 1 N–H and O–H groups in total. The van der Waals surface area contributed by atoms with Crippen LogP contribution in [-0.2, 0) is 11.3 Å². The van der Waals surface area contributed by atoms with Gasteiger partial charge < -0.3 is 24.3 Å². The van der Waals surface area contributed by atoms with Gasteiger partial charge in [-0.3, -0.25) is 4.79 Å². The second-order valence-corrected chi connectivity index (χ2v) is 6.48. The zero-order valence-corrected chi connectivity index (χ0v) is 17.4. The maximum absolute atomic E-state index is 12.6. The van der Waals surface area contributed by atoms with Crippen LogP contribution in [0.25, 0.3) is 0 Å². The van der Waals surface area contributed by atoms with Crippen molar-refractivity contribution in [1.82, 2.24) is 9.78 Å². The van der Waals surface area contributed by atoms with Gasteiger partial charge in [-0.25, -0.2) is 4.68 Å². The number of methoxy groups -OCH3 is 3. The van der Waals surface area contributed by atoms with Gasteiger partial charge in [-0.15, -0.1) is 0 Å². The summed E-state index contributed by atoms with van der Waals surface area (Å²) in [5, 5.41) is 7.17. The van der Waals surface area contributed by atoms with Gasteiger partial charge in [0, 0.05) is 17.7 Å². The molecule has 0 saturated carbocycles. The summed E-state index contributed by atoms with van der Waals surface area (Å²) < 4.78 is 23.2. The number of benzene rings is 2. The van der Waals surface area contributed by atoms with E-state index in [4.69, 9.17) is 18.9 Å². The summed E-state index contributed by atoms with van der Waals surface area (Å²) >= 11 is 0. The summed E-state index contributed by atoms with van der Waals surface area (Å²) in [5.74, 6) is 2.96. The monoisotopic (exact) mass is 411 g/mol. The Morgan fingerprint density at radius 3 is 2.30 bits per heavy atom. The smallest absolute Gasteiger partial charge is 0.266 e. The molecule has 1 heterocycles. The Morgan fingerprint density at radius 2 is 1.63 bits per heavy atom. The first-order valence-electron chi connectivity index (χ1n) is 9.38. The van der Waals surface area contributed by atoms with Crippen LogP contribution in [0.5, 0.6) is 23.0 Å². The van der Waals surface area contributed by atoms with E-state index in [1.807, 2.05) is 18.2 Å². The van der Waals surface area contributed by atoms with Gasteiger partial charge in [0.25, 0.3) is 5.91 Å². The fourth-order valence-electron chi connectivity index (χ4n) is 2.85. The van der Waals surface area contributed by atoms with E-state index in [2.05, 4.69) is 10.4 Å². The van der Waals surface area contributed by atoms with Crippen LogP contribution in [0.4, 0.5) is 5.82 Å². The molecule has 2 aromatic carbocycles. The number of amides is 1. The molecule has 0 bridgehead atoms. The predicted octanol–water partition coefficient (Wildman–Crippen LogP) is 3.36. The third-order valence-electron chi connectivity index (χ3n) is 4.52. The van der Waals surface area contributed by atoms with Crippen LogP contribution in [0.3, 0.4) is 0 Å². The summed E-state index contributed by atoms with van der Waals surface area (Å²) in [5.41, 5.74) is 0.903. The van der Waals surface area contributed by atoms with Crippen molar-refractivity contribution in [3.8, 4) is 23.0 Å². The van der Waals surface area contributed by atoms with Gasteiger partial charge in [0.05, 0.1) is 34.1 Å². The molecule has 1 aromatic heterocycles. The zero-order chi connectivity index (χ0) is 21.5. The molecular weight excluding hydrogens is 386 g/mol. The van der Waals surface area contributed by atoms with E-state index in [1.54, 1.807) is 69.5 Å². The summed E-state index contributed by atoms with van der Waals surface area (Å²) in [4.78, 5) is 12.6. The SMILES string of the molecule is COc1ccc(O[C@H](C)C(=O)Nc2ccnn2Cc2ccc(OC)cc2OC)cc1. The number of carbonyl (C=O) groups excluding carboxylic acids is 1. The molecule has 0 unspecified atom stereocenters. The molecule has 8 heteroatoms. The summed E-state index contributed by atoms with van der Waals surface area (Å²) in [6.07, 6.45) is 0.929. The van der Waals surface area contributed by atoms with E-state index < -0.39 is 6.10 Å². The van der Waals surface area contributed by atoms with Gasteiger partial charge in [0.15, 0.2) is 6.10 Å². The van der Waals surface area contributed by atoms with Crippen LogP contribution in [0.1, 0.15) is 12.5 Å². The lowest BCUT2D eigenvalue weighted by Crippen LogP contribution is -2.31. The third kappa shape index (κ3) is 5.02. The quantitative estimate of drug-likeness (QED) is 0.581. The zero-order valence-electron chi connectivity index (χ0n) is 17.4. The van der Waals surface area contributed by atoms with Crippen LogP contribution in [0.2, 0.25) is 0 Å². The number of carbonyl (C=O) groups is 1. The van der Waals surface area contributed by atoms with Crippen LogP contribution in [-0.4, -0.2) is 43.1 Å². The number of nitrogens with one attached hydrogen (secondary N) is 1. The molecule has 0 fully saturated rings. The molecule has 0 radical (unpaired) electrons. The van der Waals surface area contributed by atoms with E-state index in [9.17, 15) is 4.79 Å². The Morgan fingerprint density at radius 1 is 0.967 bits per heavy atom. The molecule has 3 aromatic rings. The highest BCUT2D eigenvalue weighted by Crippen LogP contribution is 2.26. The van der Waals surface area contributed by atoms with Crippen molar-refractivity contribution >= 4 is 11.7 Å². The van der Waals surface area contributed by atoms with Crippen molar-refractivity contribution in [3.63, 3.8) is 0 Å². The van der Waals surface area contributed by atoms with Crippen molar-refractivity contribution < 1.29 is 23.7 Å². The van der Waals surface area contributed by atoms with E-state index in [0.717, 1.165) is 11.3 Å². The minimum atomic E-state index is -0.697. The Hall–Kier alpha value is -3.68. The first-order valence-corrected chi connectivity index (χ1v) is 9.38. The molecule has 0 aliphatic rings. The molecule has 8 nitrogen and oxygen atoms in total. The molecule has 1 atom stereocenters. The van der Waals surface area contributed by atoms with Crippen LogP contribution < -0.4 is 24.3 Å². The van der Waals surface area contributed by atoms with E-state index in [1.165, 1.54) is 0 Å². The maximum Gasteiger partial charge on any atom is 0.266 e. The van der Waals surface area contributed by atoms with E-state index >= 15 is 0 Å². The molecule has 30 heavy (non-hydrogen) atoms. The number of anilines is 1. The number of rotatable bonds is 9. The van der Waals surface area contributed by atoms with Crippen molar-refractivity contribution in [2.45, 2.75) is 19.6 Å². The molecule has 1 amide bonds. The fraction of sp³-hybridized carbons (Fsp3) is 0.273. The molecule has 0 aliphatic carbocycles. The molecule has 0 aliphatic heterocycles. The van der Waals surface area contributed by atoms with Gasteiger partial charge in [0.2, 0.25) is 0 Å². The average Bonchev–Trinajstić information content (AvgIpc) is 3.20. The minimum Gasteiger partial charge on any atom is -0.497 e. The van der Waals surface area contributed by atoms with E-state index in [0.29, 0.717) is 29.6 Å². The normalized spacial score (nSPS) is 11.5. The Balaban J connectivity index is 1.66. The lowest BCUT2D eigenvalue weighted by atomic mass is 10.2. The van der Waals surface area contributed by atoms with Crippen molar-refractivity contribution in [2.24, 2.45) is 0 Å². The second-order valence-electron chi connectivity index (χ2n) is 6.48. The van der Waals surface area contributed by atoms with Crippen LogP contribution >= 0.6 is 0 Å². The topological polar surface area (TPSA) is 83.8 Å². The van der Waals surface area contributed by atoms with Gasteiger partial charge in [-0.1, -0.05) is 0 Å². The minimum absolute atomic E-state index is 0.283. The Bertz CT molecular complexity index is 985. The summed E-state index contributed by atoms with van der Waals surface area (Å²) in [7, 11) is 4.80. The first-order chi connectivity index (χ1) is 14.5. The standard InChI is InChI=1S/C22H25N3O5/c1-15(30-18-9-7-17(27-2)8-10-18)22(26)24-21-11-12-23-25(21)14-16-5-6-19(28-3)13-20(16)29-4/h5-13,15H,14H2,1-4H3,(H,24,26)/t15-/m1/s1. The largest absolute Gasteiger partial charge is 0.497 e. The van der Waals surface area contributed by atoms with Crippen molar-refractivity contribution in [3.05, 3.63) is 60.3 Å². The van der Waals surface area contributed by atoms with Gasteiger partial charge in [0.1, 0.15) is 28.8 Å². The maximum atomic E-state index is 12.6. The summed E-state index contributed by atoms with van der Waals surface area (Å²) in [6.45, 7) is 2.11. The molecule has 3 rings (SSSR count). The Labute approximate surface area is 175 Å².